The fourth-order valence-corrected chi connectivity index (χ4v) is 4.83. The van der Waals surface area contributed by atoms with Gasteiger partial charge in [-0.3, -0.25) is 0 Å². The summed E-state index contributed by atoms with van der Waals surface area (Å²) in [6.07, 6.45) is 0.334. The predicted octanol–water partition coefficient (Wildman–Crippen LogP) is 5.58. The van der Waals surface area contributed by atoms with Crippen LogP contribution in [-0.2, 0) is 9.53 Å². The van der Waals surface area contributed by atoms with Gasteiger partial charge in [-0.15, -0.1) is 0 Å². The summed E-state index contributed by atoms with van der Waals surface area (Å²) in [5.74, 6) is -3.82. The Morgan fingerprint density at radius 3 is 2.16 bits per heavy atom. The molecule has 5 nitrogen and oxygen atoms in total. The molecule has 1 amide bonds. The maximum absolute atomic E-state index is 13.3. The summed E-state index contributed by atoms with van der Waals surface area (Å²) in [4.78, 5) is 24.0. The SMILES string of the molecule is O=C(N[C@@H](CCC1CCC(F)(F)CC1)C(=O)O)OCC1c2ccccc2-c2ccccc21. The van der Waals surface area contributed by atoms with Crippen LogP contribution in [0.3, 0.4) is 0 Å². The Hall–Kier alpha value is -2.96. The molecule has 1 atom stereocenters. The molecule has 0 aliphatic heterocycles. The van der Waals surface area contributed by atoms with Gasteiger partial charge in [0.15, 0.2) is 0 Å². The topological polar surface area (TPSA) is 75.6 Å². The molecule has 0 heterocycles. The van der Waals surface area contributed by atoms with Crippen LogP contribution in [0.5, 0.6) is 0 Å². The van der Waals surface area contributed by atoms with E-state index < -0.39 is 24.0 Å². The molecule has 0 spiro atoms. The maximum atomic E-state index is 13.3. The van der Waals surface area contributed by atoms with E-state index in [0.717, 1.165) is 22.3 Å². The third kappa shape index (κ3) is 4.92. The quantitative estimate of drug-likeness (QED) is 0.585. The van der Waals surface area contributed by atoms with E-state index in [1.54, 1.807) is 0 Å². The molecule has 2 aliphatic carbocycles. The number of carboxylic acids is 1. The van der Waals surface area contributed by atoms with Crippen molar-refractivity contribution in [3.05, 3.63) is 59.7 Å². The van der Waals surface area contributed by atoms with Gasteiger partial charge in [0, 0.05) is 18.8 Å². The lowest BCUT2D eigenvalue weighted by atomic mass is 9.83. The molecule has 2 aromatic carbocycles. The first kappa shape index (κ1) is 22.2. The number of rotatable bonds is 7. The Morgan fingerprint density at radius 2 is 1.59 bits per heavy atom. The predicted molar refractivity (Wildman–Crippen MR) is 116 cm³/mol. The number of amides is 1. The van der Waals surface area contributed by atoms with Gasteiger partial charge in [-0.1, -0.05) is 48.5 Å². The second-order valence-electron chi connectivity index (χ2n) is 8.74. The van der Waals surface area contributed by atoms with Crippen LogP contribution in [0.2, 0.25) is 0 Å². The number of halogens is 2. The van der Waals surface area contributed by atoms with Gasteiger partial charge in [0.1, 0.15) is 12.6 Å². The molecule has 4 rings (SSSR count). The molecular weight excluding hydrogens is 416 g/mol. The van der Waals surface area contributed by atoms with Crippen LogP contribution in [0, 0.1) is 5.92 Å². The lowest BCUT2D eigenvalue weighted by Gasteiger charge is -2.28. The summed E-state index contributed by atoms with van der Waals surface area (Å²) < 4.78 is 32.0. The molecule has 1 fully saturated rings. The Kier molecular flexibility index (Phi) is 6.44. The molecular formula is C25H27F2NO4. The molecule has 1 saturated carbocycles. The van der Waals surface area contributed by atoms with Crippen LogP contribution in [-0.4, -0.2) is 35.7 Å². The van der Waals surface area contributed by atoms with Gasteiger partial charge in [0.2, 0.25) is 5.92 Å². The molecule has 0 aromatic heterocycles. The van der Waals surface area contributed by atoms with Crippen molar-refractivity contribution in [1.82, 2.24) is 5.32 Å². The summed E-state index contributed by atoms with van der Waals surface area (Å²) in [5.41, 5.74) is 4.37. The molecule has 7 heteroatoms. The van der Waals surface area contributed by atoms with Crippen LogP contribution < -0.4 is 5.32 Å². The zero-order valence-corrected chi connectivity index (χ0v) is 17.7. The lowest BCUT2D eigenvalue weighted by Crippen LogP contribution is -2.41. The molecule has 2 aliphatic rings. The van der Waals surface area contributed by atoms with Crippen molar-refractivity contribution in [1.29, 1.82) is 0 Å². The van der Waals surface area contributed by atoms with Crippen LogP contribution in [0.4, 0.5) is 13.6 Å². The number of aliphatic carboxylic acids is 1. The van der Waals surface area contributed by atoms with Gasteiger partial charge >= 0.3 is 12.1 Å². The molecule has 0 bridgehead atoms. The van der Waals surface area contributed by atoms with Crippen LogP contribution >= 0.6 is 0 Å². The number of carboxylic acid groups (broad SMARTS) is 1. The Balaban J connectivity index is 1.32. The first-order chi connectivity index (χ1) is 15.3. The van der Waals surface area contributed by atoms with Crippen molar-refractivity contribution < 1.29 is 28.2 Å². The smallest absolute Gasteiger partial charge is 0.407 e. The molecule has 2 aromatic rings. The minimum absolute atomic E-state index is 0.0563. The van der Waals surface area contributed by atoms with Crippen molar-refractivity contribution in [2.75, 3.05) is 6.61 Å². The van der Waals surface area contributed by atoms with E-state index in [2.05, 4.69) is 5.32 Å². The summed E-state index contributed by atoms with van der Waals surface area (Å²) in [7, 11) is 0. The van der Waals surface area contributed by atoms with E-state index in [-0.39, 0.29) is 37.7 Å². The van der Waals surface area contributed by atoms with Gasteiger partial charge in [0.05, 0.1) is 0 Å². The van der Waals surface area contributed by atoms with Gasteiger partial charge in [-0.05, 0) is 53.9 Å². The van der Waals surface area contributed by atoms with Gasteiger partial charge in [-0.25, -0.2) is 18.4 Å². The monoisotopic (exact) mass is 443 g/mol. The molecule has 32 heavy (non-hydrogen) atoms. The highest BCUT2D eigenvalue weighted by Gasteiger charge is 2.35. The summed E-state index contributed by atoms with van der Waals surface area (Å²) in [6.45, 7) is 0.101. The van der Waals surface area contributed by atoms with Crippen molar-refractivity contribution in [3.63, 3.8) is 0 Å². The highest BCUT2D eigenvalue weighted by Crippen LogP contribution is 2.44. The number of fused-ring (bicyclic) bond motifs is 3. The molecule has 0 unspecified atom stereocenters. The number of hydrogen-bond donors (Lipinski definition) is 2. The van der Waals surface area contributed by atoms with E-state index in [4.69, 9.17) is 4.74 Å². The molecule has 0 saturated heterocycles. The van der Waals surface area contributed by atoms with E-state index >= 15 is 0 Å². The van der Waals surface area contributed by atoms with Gasteiger partial charge in [-0.2, -0.15) is 0 Å². The number of ether oxygens (including phenoxy) is 1. The average Bonchev–Trinajstić information content (AvgIpc) is 3.09. The Labute approximate surface area is 185 Å². The third-order valence-corrected chi connectivity index (χ3v) is 6.63. The lowest BCUT2D eigenvalue weighted by molar-refractivity contribution is -0.139. The summed E-state index contributed by atoms with van der Waals surface area (Å²) in [5, 5.41) is 11.9. The zero-order chi connectivity index (χ0) is 22.7. The zero-order valence-electron chi connectivity index (χ0n) is 17.7. The van der Waals surface area contributed by atoms with Gasteiger partial charge < -0.3 is 15.2 Å². The fraction of sp³-hybridized carbons (Fsp3) is 0.440. The van der Waals surface area contributed by atoms with Crippen molar-refractivity contribution in [2.45, 2.75) is 56.4 Å². The van der Waals surface area contributed by atoms with Crippen LogP contribution in [0.1, 0.15) is 55.6 Å². The largest absolute Gasteiger partial charge is 0.480 e. The average molecular weight is 443 g/mol. The highest BCUT2D eigenvalue weighted by atomic mass is 19.3. The van der Waals surface area contributed by atoms with E-state index in [9.17, 15) is 23.5 Å². The number of nitrogens with one attached hydrogen (secondary N) is 1. The van der Waals surface area contributed by atoms with E-state index in [1.165, 1.54) is 0 Å². The van der Waals surface area contributed by atoms with Crippen LogP contribution in [0.15, 0.2) is 48.5 Å². The minimum Gasteiger partial charge on any atom is -0.480 e. The molecule has 0 radical (unpaired) electrons. The normalized spacial score (nSPS) is 18.4. The summed E-state index contributed by atoms with van der Waals surface area (Å²) in [6, 6.07) is 14.8. The first-order valence-corrected chi connectivity index (χ1v) is 11.1. The standard InChI is InChI=1S/C25H27F2NO4/c26-25(27)13-11-16(12-14-25)9-10-22(23(29)30)28-24(31)32-15-21-19-7-3-1-5-17(19)18-6-2-4-8-20(18)21/h1-8,16,21-22H,9-15H2,(H,28,31)(H,29,30)/t22-/m0/s1. The highest BCUT2D eigenvalue weighted by molar-refractivity contribution is 5.81. The van der Waals surface area contributed by atoms with E-state index in [1.807, 2.05) is 48.5 Å². The number of hydrogen-bond acceptors (Lipinski definition) is 3. The van der Waals surface area contributed by atoms with Crippen molar-refractivity contribution in [3.8, 4) is 11.1 Å². The van der Waals surface area contributed by atoms with Crippen molar-refractivity contribution in [2.24, 2.45) is 5.92 Å². The number of alkyl halides is 2. The number of carbonyl (C=O) groups excluding carboxylic acids is 1. The minimum atomic E-state index is -2.61. The van der Waals surface area contributed by atoms with Crippen LogP contribution in [0.25, 0.3) is 11.1 Å². The first-order valence-electron chi connectivity index (χ1n) is 11.1. The van der Waals surface area contributed by atoms with Gasteiger partial charge in [0.25, 0.3) is 0 Å². The molecule has 170 valence electrons. The Bertz CT molecular complexity index is 938. The fourth-order valence-electron chi connectivity index (χ4n) is 4.83. The Morgan fingerprint density at radius 1 is 1.03 bits per heavy atom. The second kappa shape index (κ2) is 9.27. The maximum Gasteiger partial charge on any atom is 0.407 e. The van der Waals surface area contributed by atoms with Crippen molar-refractivity contribution >= 4 is 12.1 Å². The molecule has 2 N–H and O–H groups in total. The number of alkyl carbamates (subject to hydrolysis) is 1. The second-order valence-corrected chi connectivity index (χ2v) is 8.74. The third-order valence-electron chi connectivity index (χ3n) is 6.63. The van der Waals surface area contributed by atoms with E-state index in [0.29, 0.717) is 19.3 Å². The number of carbonyl (C=O) groups is 2. The summed E-state index contributed by atoms with van der Waals surface area (Å²) >= 11 is 0. The number of benzene rings is 2.